The molecule has 0 bridgehead atoms. The molecule has 1 fully saturated rings. The highest BCUT2D eigenvalue weighted by Gasteiger charge is 2.22. The van der Waals surface area contributed by atoms with Gasteiger partial charge in [-0.25, -0.2) is 13.2 Å². The van der Waals surface area contributed by atoms with Crippen LogP contribution >= 0.6 is 0 Å². The summed E-state index contributed by atoms with van der Waals surface area (Å²) in [5.41, 5.74) is 4.07. The molecule has 1 aliphatic rings. The number of urea groups is 1. The van der Waals surface area contributed by atoms with Crippen LogP contribution in [0.15, 0.2) is 41.3 Å². The zero-order valence-electron chi connectivity index (χ0n) is 19.4. The van der Waals surface area contributed by atoms with Gasteiger partial charge in [-0.1, -0.05) is 31.0 Å². The minimum atomic E-state index is -3.67. The maximum Gasteiger partial charge on any atom is 0.317 e. The summed E-state index contributed by atoms with van der Waals surface area (Å²) in [7, 11) is -3.67. The highest BCUT2D eigenvalue weighted by atomic mass is 32.2. The molecule has 0 aromatic heterocycles. The van der Waals surface area contributed by atoms with Gasteiger partial charge in [0.25, 0.3) is 10.0 Å². The molecular formula is C24H34N4O3S. The molecule has 2 N–H and O–H groups in total. The summed E-state index contributed by atoms with van der Waals surface area (Å²) < 4.78 is 28.6. The highest BCUT2D eigenvalue weighted by Crippen LogP contribution is 2.26. The Hall–Kier alpha value is -2.74. The number of aryl methyl sites for hydroxylation is 3. The number of nitrogens with one attached hydrogen (secondary N) is 2. The van der Waals surface area contributed by atoms with E-state index in [-0.39, 0.29) is 6.03 Å². The van der Waals surface area contributed by atoms with Gasteiger partial charge < -0.3 is 15.1 Å². The maximum absolute atomic E-state index is 13.0. The molecular weight excluding hydrogens is 424 g/mol. The first kappa shape index (κ1) is 23.9. The second-order valence-corrected chi connectivity index (χ2v) is 10.1. The molecule has 0 unspecified atom stereocenters. The monoisotopic (exact) mass is 458 g/mol. The van der Waals surface area contributed by atoms with Gasteiger partial charge in [0.1, 0.15) is 0 Å². The van der Waals surface area contributed by atoms with Gasteiger partial charge in [0.05, 0.1) is 4.90 Å². The summed E-state index contributed by atoms with van der Waals surface area (Å²) in [6, 6.07) is 11.2. The number of sulfonamides is 1. The van der Waals surface area contributed by atoms with Crippen molar-refractivity contribution in [1.82, 2.24) is 10.2 Å². The van der Waals surface area contributed by atoms with Crippen LogP contribution in [0.5, 0.6) is 0 Å². The van der Waals surface area contributed by atoms with Gasteiger partial charge in [-0.05, 0) is 62.6 Å². The number of hydrogen-bond acceptors (Lipinski definition) is 4. The van der Waals surface area contributed by atoms with Crippen LogP contribution in [-0.2, 0) is 10.0 Å². The number of rotatable bonds is 7. The van der Waals surface area contributed by atoms with E-state index in [1.165, 1.54) is 0 Å². The Labute approximate surface area is 191 Å². The summed E-state index contributed by atoms with van der Waals surface area (Å²) in [5, 5.41) is 2.96. The third-order valence-corrected chi connectivity index (χ3v) is 7.42. The zero-order chi connectivity index (χ0) is 23.3. The van der Waals surface area contributed by atoms with Crippen LogP contribution in [0.25, 0.3) is 0 Å². The lowest BCUT2D eigenvalue weighted by molar-refractivity contribution is 0.194. The van der Waals surface area contributed by atoms with Crippen LogP contribution in [0.3, 0.4) is 0 Å². The van der Waals surface area contributed by atoms with E-state index < -0.39 is 10.0 Å². The van der Waals surface area contributed by atoms with Crippen LogP contribution in [-0.4, -0.2) is 52.1 Å². The Morgan fingerprint density at radius 3 is 2.12 bits per heavy atom. The Morgan fingerprint density at radius 1 is 0.969 bits per heavy atom. The standard InChI is InChI=1S/C24H34N4O3S/c1-5-6-11-25-24(29)28-14-12-27(13-15-28)22-9-7-21(8-10-22)26-32(30,31)23-19(3)16-18(2)17-20(23)4/h7-10,16-17,26H,5-6,11-15H2,1-4H3,(H,25,29). The largest absolute Gasteiger partial charge is 0.368 e. The van der Waals surface area contributed by atoms with Crippen molar-refractivity contribution in [2.24, 2.45) is 0 Å². The number of piperazine rings is 1. The number of carbonyl (C=O) groups is 1. The molecule has 174 valence electrons. The topological polar surface area (TPSA) is 81.8 Å². The van der Waals surface area contributed by atoms with Gasteiger partial charge in [0.2, 0.25) is 0 Å². The summed E-state index contributed by atoms with van der Waals surface area (Å²) in [5.74, 6) is 0. The molecule has 2 amide bonds. The number of unbranched alkanes of at least 4 members (excludes halogenated alkanes) is 1. The van der Waals surface area contributed by atoms with Crippen molar-refractivity contribution >= 4 is 27.4 Å². The van der Waals surface area contributed by atoms with Gasteiger partial charge in [-0.2, -0.15) is 0 Å². The van der Waals surface area contributed by atoms with E-state index in [0.717, 1.165) is 48.3 Å². The molecule has 8 heteroatoms. The molecule has 32 heavy (non-hydrogen) atoms. The van der Waals surface area contributed by atoms with E-state index in [4.69, 9.17) is 0 Å². The van der Waals surface area contributed by atoms with E-state index in [2.05, 4.69) is 21.9 Å². The first-order valence-corrected chi connectivity index (χ1v) is 12.7. The van der Waals surface area contributed by atoms with Gasteiger partial charge in [0.15, 0.2) is 0 Å². The minimum absolute atomic E-state index is 0.00421. The molecule has 1 aliphatic heterocycles. The van der Waals surface area contributed by atoms with Crippen molar-refractivity contribution < 1.29 is 13.2 Å². The predicted octanol–water partition coefficient (Wildman–Crippen LogP) is 4.04. The van der Waals surface area contributed by atoms with Crippen molar-refractivity contribution in [2.75, 3.05) is 42.3 Å². The SMILES string of the molecule is CCCCNC(=O)N1CCN(c2ccc(NS(=O)(=O)c3c(C)cc(C)cc3C)cc2)CC1. The van der Waals surface area contributed by atoms with Crippen molar-refractivity contribution in [1.29, 1.82) is 0 Å². The number of benzene rings is 2. The molecule has 7 nitrogen and oxygen atoms in total. The number of hydrogen-bond donors (Lipinski definition) is 2. The van der Waals surface area contributed by atoms with Crippen LogP contribution in [0, 0.1) is 20.8 Å². The summed E-state index contributed by atoms with van der Waals surface area (Å²) >= 11 is 0. The van der Waals surface area contributed by atoms with Gasteiger partial charge in [0, 0.05) is 44.1 Å². The number of nitrogens with zero attached hydrogens (tertiary/aromatic N) is 2. The van der Waals surface area contributed by atoms with Gasteiger partial charge in [-0.3, -0.25) is 4.72 Å². The van der Waals surface area contributed by atoms with E-state index in [0.29, 0.717) is 30.2 Å². The van der Waals surface area contributed by atoms with Crippen molar-refractivity contribution in [3.05, 3.63) is 53.1 Å². The number of anilines is 2. The average molecular weight is 459 g/mol. The Bertz CT molecular complexity index is 1020. The fraction of sp³-hybridized carbons (Fsp3) is 0.458. The zero-order valence-corrected chi connectivity index (χ0v) is 20.3. The molecule has 0 radical (unpaired) electrons. The number of carbonyl (C=O) groups excluding carboxylic acids is 1. The van der Waals surface area contributed by atoms with E-state index in [1.807, 2.05) is 49.9 Å². The molecule has 0 atom stereocenters. The van der Waals surface area contributed by atoms with E-state index in [1.54, 1.807) is 12.1 Å². The molecule has 1 saturated heterocycles. The van der Waals surface area contributed by atoms with Gasteiger partial charge >= 0.3 is 6.03 Å². The molecule has 2 aromatic rings. The molecule has 0 spiro atoms. The summed E-state index contributed by atoms with van der Waals surface area (Å²) in [6.45, 7) is 11.2. The van der Waals surface area contributed by atoms with Crippen LogP contribution in [0.1, 0.15) is 36.5 Å². The van der Waals surface area contributed by atoms with Crippen LogP contribution < -0.4 is 14.9 Å². The predicted molar refractivity (Wildman–Crippen MR) is 130 cm³/mol. The highest BCUT2D eigenvalue weighted by molar-refractivity contribution is 7.92. The van der Waals surface area contributed by atoms with Gasteiger partial charge in [-0.15, -0.1) is 0 Å². The Kier molecular flexibility index (Phi) is 7.66. The molecule has 0 saturated carbocycles. The molecule has 0 aliphatic carbocycles. The lowest BCUT2D eigenvalue weighted by Gasteiger charge is -2.36. The third kappa shape index (κ3) is 5.73. The third-order valence-electron chi connectivity index (χ3n) is 5.73. The summed E-state index contributed by atoms with van der Waals surface area (Å²) in [4.78, 5) is 16.6. The fourth-order valence-electron chi connectivity index (χ4n) is 4.19. The Morgan fingerprint density at radius 2 is 1.56 bits per heavy atom. The lowest BCUT2D eigenvalue weighted by Crippen LogP contribution is -2.52. The number of amides is 2. The lowest BCUT2D eigenvalue weighted by atomic mass is 10.1. The first-order valence-electron chi connectivity index (χ1n) is 11.2. The average Bonchev–Trinajstić information content (AvgIpc) is 2.73. The van der Waals surface area contributed by atoms with Crippen molar-refractivity contribution in [3.63, 3.8) is 0 Å². The Balaban J connectivity index is 1.61. The van der Waals surface area contributed by atoms with Crippen molar-refractivity contribution in [2.45, 2.75) is 45.4 Å². The molecule has 1 heterocycles. The fourth-order valence-corrected chi connectivity index (χ4v) is 5.70. The maximum atomic E-state index is 13.0. The second kappa shape index (κ2) is 10.3. The van der Waals surface area contributed by atoms with Crippen molar-refractivity contribution in [3.8, 4) is 0 Å². The van der Waals surface area contributed by atoms with E-state index >= 15 is 0 Å². The molecule has 2 aromatic carbocycles. The quantitative estimate of drug-likeness (QED) is 0.614. The first-order chi connectivity index (χ1) is 15.2. The summed E-state index contributed by atoms with van der Waals surface area (Å²) in [6.07, 6.45) is 2.05. The second-order valence-electron chi connectivity index (χ2n) is 8.44. The van der Waals surface area contributed by atoms with Crippen LogP contribution in [0.2, 0.25) is 0 Å². The minimum Gasteiger partial charge on any atom is -0.368 e. The molecule has 3 rings (SSSR count). The normalized spacial score (nSPS) is 14.4. The smallest absolute Gasteiger partial charge is 0.317 e. The van der Waals surface area contributed by atoms with E-state index in [9.17, 15) is 13.2 Å². The van der Waals surface area contributed by atoms with Crippen LogP contribution in [0.4, 0.5) is 16.2 Å².